The third kappa shape index (κ3) is 6.85. The largest absolute Gasteiger partial charge is 0.490 e. The zero-order valence-corrected chi connectivity index (χ0v) is 22.7. The number of anilines is 1. The van der Waals surface area contributed by atoms with E-state index in [1.165, 1.54) is 21.6 Å². The van der Waals surface area contributed by atoms with Crippen molar-refractivity contribution in [2.45, 2.75) is 45.0 Å². The molecule has 228 valence electrons. The normalized spacial score (nSPS) is 16.7. The van der Waals surface area contributed by atoms with Gasteiger partial charge in [-0.15, -0.1) is 10.2 Å². The number of benzene rings is 1. The molecule has 2 N–H and O–H groups in total. The van der Waals surface area contributed by atoms with Crippen LogP contribution in [-0.2, 0) is 16.1 Å². The number of urea groups is 1. The molecule has 11 nitrogen and oxygen atoms in total. The van der Waals surface area contributed by atoms with Gasteiger partial charge >= 0.3 is 24.6 Å². The van der Waals surface area contributed by atoms with E-state index in [1.807, 2.05) is 24.3 Å². The summed E-state index contributed by atoms with van der Waals surface area (Å²) in [5, 5.41) is 17.3. The summed E-state index contributed by atoms with van der Waals surface area (Å²) in [6, 6.07) is 10.4. The van der Waals surface area contributed by atoms with Crippen LogP contribution in [0.25, 0.3) is 17.0 Å². The van der Waals surface area contributed by atoms with Crippen molar-refractivity contribution in [2.75, 3.05) is 18.0 Å². The molecule has 2 aliphatic rings. The molecule has 4 heterocycles. The minimum absolute atomic E-state index is 0.0412. The van der Waals surface area contributed by atoms with Gasteiger partial charge in [0.2, 0.25) is 5.89 Å². The predicted octanol–water partition coefficient (Wildman–Crippen LogP) is 4.83. The lowest BCUT2D eigenvalue weighted by molar-refractivity contribution is -0.192. The van der Waals surface area contributed by atoms with Crippen molar-refractivity contribution < 1.29 is 45.9 Å². The van der Waals surface area contributed by atoms with Gasteiger partial charge in [-0.1, -0.05) is 18.2 Å². The first kappa shape index (κ1) is 31.2. The maximum atomic E-state index is 13.5. The first-order chi connectivity index (χ1) is 20.2. The van der Waals surface area contributed by atoms with Gasteiger partial charge in [0.05, 0.1) is 17.8 Å². The van der Waals surface area contributed by atoms with Gasteiger partial charge in [-0.2, -0.15) is 22.0 Å². The molecule has 0 saturated carbocycles. The molecule has 0 unspecified atom stereocenters. The first-order valence-corrected chi connectivity index (χ1v) is 12.7. The fraction of sp³-hybridized carbons (Fsp3) is 0.333. The van der Waals surface area contributed by atoms with Crippen LogP contribution in [0, 0.1) is 0 Å². The molecule has 16 heteroatoms. The van der Waals surface area contributed by atoms with Crippen LogP contribution in [0.5, 0.6) is 0 Å². The van der Waals surface area contributed by atoms with E-state index >= 15 is 0 Å². The number of rotatable bonds is 6. The number of halogens is 5. The van der Waals surface area contributed by atoms with Gasteiger partial charge in [0.1, 0.15) is 5.54 Å². The second-order valence-electron chi connectivity index (χ2n) is 9.89. The minimum Gasteiger partial charge on any atom is -0.475 e. The van der Waals surface area contributed by atoms with Crippen molar-refractivity contribution in [3.05, 3.63) is 65.8 Å². The highest BCUT2D eigenvalue weighted by Gasteiger charge is 2.52. The Balaban J connectivity index is 0.000000541. The standard InChI is InChI=1S/C25H24F2N6O3.C2HF3O2/c1-25(2)23(34)32(14-18-7-6-17(13-29-18)21-30-31-22(36-21)20(26)27)24(35)33(25)19-5-3-4-16(12-19)15-8-10-28-11-9-15;3-2(4,5)1(6)7/h3-8,12-13,20,28H,9-11,14H2,1-2H3;(H,6,7). The van der Waals surface area contributed by atoms with Gasteiger partial charge in [-0.3, -0.25) is 19.6 Å². The number of hydrogen-bond acceptors (Lipinski definition) is 8. The van der Waals surface area contributed by atoms with Crippen LogP contribution >= 0.6 is 0 Å². The van der Waals surface area contributed by atoms with Crippen molar-refractivity contribution in [1.82, 2.24) is 25.4 Å². The zero-order valence-electron chi connectivity index (χ0n) is 22.7. The summed E-state index contributed by atoms with van der Waals surface area (Å²) in [6.07, 6.45) is -3.55. The van der Waals surface area contributed by atoms with E-state index in [1.54, 1.807) is 26.0 Å². The van der Waals surface area contributed by atoms with Crippen LogP contribution < -0.4 is 10.2 Å². The third-order valence-corrected chi connectivity index (χ3v) is 6.55. The fourth-order valence-corrected chi connectivity index (χ4v) is 4.42. The van der Waals surface area contributed by atoms with E-state index in [0.717, 1.165) is 25.1 Å². The summed E-state index contributed by atoms with van der Waals surface area (Å²) >= 11 is 0. The van der Waals surface area contributed by atoms with Crippen molar-refractivity contribution in [3.8, 4) is 11.5 Å². The first-order valence-electron chi connectivity index (χ1n) is 12.7. The van der Waals surface area contributed by atoms with E-state index in [0.29, 0.717) is 16.9 Å². The molecule has 0 bridgehead atoms. The molecule has 43 heavy (non-hydrogen) atoms. The monoisotopic (exact) mass is 608 g/mol. The Bertz CT molecular complexity index is 1540. The maximum Gasteiger partial charge on any atom is 0.490 e. The van der Waals surface area contributed by atoms with Gasteiger partial charge in [0.25, 0.3) is 11.8 Å². The number of hydrogen-bond donors (Lipinski definition) is 2. The number of carboxylic acid groups (broad SMARTS) is 1. The molecule has 1 aromatic carbocycles. The van der Waals surface area contributed by atoms with E-state index in [-0.39, 0.29) is 18.3 Å². The number of amides is 3. The lowest BCUT2D eigenvalue weighted by Crippen LogP contribution is -2.44. The number of pyridine rings is 1. The summed E-state index contributed by atoms with van der Waals surface area (Å²) in [5.74, 6) is -3.96. The number of imide groups is 1. The molecule has 2 aromatic heterocycles. The highest BCUT2D eigenvalue weighted by Crippen LogP contribution is 2.36. The Morgan fingerprint density at radius 3 is 2.42 bits per heavy atom. The van der Waals surface area contributed by atoms with E-state index in [9.17, 15) is 31.5 Å². The molecule has 0 aliphatic carbocycles. The van der Waals surface area contributed by atoms with Crippen molar-refractivity contribution in [2.24, 2.45) is 0 Å². The average molecular weight is 609 g/mol. The Labute approximate surface area is 241 Å². The highest BCUT2D eigenvalue weighted by atomic mass is 19.4. The Morgan fingerprint density at radius 1 is 1.14 bits per heavy atom. The number of carboxylic acids is 1. The lowest BCUT2D eigenvalue weighted by atomic mass is 9.98. The van der Waals surface area contributed by atoms with Crippen LogP contribution in [-0.4, -0.2) is 67.9 Å². The zero-order chi connectivity index (χ0) is 31.5. The van der Waals surface area contributed by atoms with Gasteiger partial charge in [-0.25, -0.2) is 9.59 Å². The number of aliphatic carboxylic acids is 1. The van der Waals surface area contributed by atoms with Crippen molar-refractivity contribution in [1.29, 1.82) is 0 Å². The van der Waals surface area contributed by atoms with E-state index in [4.69, 9.17) is 14.3 Å². The molecular weight excluding hydrogens is 583 g/mol. The summed E-state index contributed by atoms with van der Waals surface area (Å²) in [4.78, 5) is 42.6. The van der Waals surface area contributed by atoms with Gasteiger partial charge < -0.3 is 14.8 Å². The number of alkyl halides is 5. The molecular formula is C27H25F5N6O5. The Hall–Kier alpha value is -4.73. The number of carbonyl (C=O) groups excluding carboxylic acids is 2. The molecule has 0 atom stereocenters. The SMILES string of the molecule is CC1(C)C(=O)N(Cc2ccc(-c3nnc(C(F)F)o3)cn2)C(=O)N1c1cccc(C2=CCNCC2)c1.O=C(O)C(F)(F)F. The highest BCUT2D eigenvalue weighted by molar-refractivity contribution is 6.16. The number of nitrogens with one attached hydrogen (secondary N) is 1. The molecule has 3 amide bonds. The smallest absolute Gasteiger partial charge is 0.475 e. The van der Waals surface area contributed by atoms with Gasteiger partial charge in [0, 0.05) is 18.4 Å². The number of nitrogens with zero attached hydrogens (tertiary/aromatic N) is 5. The quantitative estimate of drug-likeness (QED) is 0.297. The van der Waals surface area contributed by atoms with Gasteiger partial charge in [-0.05, 0) is 62.2 Å². The fourth-order valence-electron chi connectivity index (χ4n) is 4.42. The summed E-state index contributed by atoms with van der Waals surface area (Å²) in [5.41, 5.74) is 2.58. The molecule has 5 rings (SSSR count). The van der Waals surface area contributed by atoms with E-state index in [2.05, 4.69) is 26.6 Å². The second kappa shape index (κ2) is 12.2. The Morgan fingerprint density at radius 2 is 1.86 bits per heavy atom. The Kier molecular flexibility index (Phi) is 8.89. The average Bonchev–Trinajstić information content (AvgIpc) is 3.52. The maximum absolute atomic E-state index is 13.5. The predicted molar refractivity (Wildman–Crippen MR) is 141 cm³/mol. The van der Waals surface area contributed by atoms with Crippen molar-refractivity contribution >= 4 is 29.2 Å². The van der Waals surface area contributed by atoms with Crippen LogP contribution in [0.1, 0.15) is 43.8 Å². The molecule has 2 aliphatic heterocycles. The molecule has 3 aromatic rings. The van der Waals surface area contributed by atoms with Gasteiger partial charge in [0.15, 0.2) is 0 Å². The third-order valence-electron chi connectivity index (χ3n) is 6.55. The summed E-state index contributed by atoms with van der Waals surface area (Å²) in [6.45, 7) is 5.08. The van der Waals surface area contributed by atoms with Crippen LogP contribution in [0.15, 0.2) is 53.1 Å². The second-order valence-corrected chi connectivity index (χ2v) is 9.89. The minimum atomic E-state index is -5.08. The summed E-state index contributed by atoms with van der Waals surface area (Å²) in [7, 11) is 0. The summed E-state index contributed by atoms with van der Waals surface area (Å²) < 4.78 is 62.1. The number of aromatic nitrogens is 3. The molecule has 1 fully saturated rings. The van der Waals surface area contributed by atoms with Crippen LogP contribution in [0.4, 0.5) is 32.4 Å². The lowest BCUT2D eigenvalue weighted by Gasteiger charge is -2.28. The number of carbonyl (C=O) groups is 3. The van der Waals surface area contributed by atoms with E-state index < -0.39 is 36.0 Å². The van der Waals surface area contributed by atoms with Crippen molar-refractivity contribution in [3.63, 3.8) is 0 Å². The molecule has 0 radical (unpaired) electrons. The topological polar surface area (TPSA) is 142 Å². The molecule has 1 saturated heterocycles. The van der Waals surface area contributed by atoms with Crippen LogP contribution in [0.3, 0.4) is 0 Å². The molecule has 0 spiro atoms. The van der Waals surface area contributed by atoms with Crippen LogP contribution in [0.2, 0.25) is 0 Å².